The van der Waals surface area contributed by atoms with Crippen molar-refractivity contribution in [1.82, 2.24) is 9.97 Å². The topological polar surface area (TPSA) is 37.8 Å². The van der Waals surface area contributed by atoms with Crippen LogP contribution in [-0.4, -0.2) is 23.3 Å². The van der Waals surface area contributed by atoms with Crippen molar-refractivity contribution in [1.29, 1.82) is 0 Å². The Morgan fingerprint density at radius 1 is 1.15 bits per heavy atom. The van der Waals surface area contributed by atoms with Gasteiger partial charge in [-0.05, 0) is 31.4 Å². The summed E-state index contributed by atoms with van der Waals surface area (Å²) in [4.78, 5) is 12.9. The molecule has 0 aliphatic carbocycles. The molecule has 0 saturated heterocycles. The third-order valence-electron chi connectivity index (χ3n) is 3.10. The minimum absolute atomic E-state index is 0.774. The van der Waals surface area contributed by atoms with Gasteiger partial charge in [-0.25, -0.2) is 9.97 Å². The second-order valence-electron chi connectivity index (χ2n) is 4.45. The lowest BCUT2D eigenvalue weighted by molar-refractivity contribution is 1.22. The minimum atomic E-state index is 0.774. The van der Waals surface area contributed by atoms with E-state index in [2.05, 4.69) is 53.8 Å². The Balaban J connectivity index is 2.14. The highest BCUT2D eigenvalue weighted by Gasteiger charge is 2.10. The van der Waals surface area contributed by atoms with E-state index in [1.54, 1.807) is 23.1 Å². The monoisotopic (exact) mass is 301 g/mol. The molecule has 0 bridgehead atoms. The van der Waals surface area contributed by atoms with Crippen molar-refractivity contribution >= 4 is 39.1 Å². The van der Waals surface area contributed by atoms with Crippen LogP contribution in [0, 0.1) is 6.92 Å². The molecule has 3 aromatic rings. The van der Waals surface area contributed by atoms with Crippen molar-refractivity contribution in [2.45, 2.75) is 11.8 Å². The van der Waals surface area contributed by atoms with Gasteiger partial charge in [0, 0.05) is 22.4 Å². The number of nitrogens with zero attached hydrogens (tertiary/aromatic N) is 2. The van der Waals surface area contributed by atoms with Crippen LogP contribution < -0.4 is 5.32 Å². The van der Waals surface area contributed by atoms with E-state index < -0.39 is 0 Å². The van der Waals surface area contributed by atoms with E-state index in [1.807, 2.05) is 7.05 Å². The van der Waals surface area contributed by atoms with Crippen LogP contribution >= 0.6 is 23.1 Å². The molecule has 0 saturated carbocycles. The van der Waals surface area contributed by atoms with Crippen molar-refractivity contribution in [3.05, 3.63) is 35.2 Å². The van der Waals surface area contributed by atoms with Gasteiger partial charge in [0.1, 0.15) is 10.6 Å². The van der Waals surface area contributed by atoms with Gasteiger partial charge in [-0.1, -0.05) is 12.1 Å². The van der Waals surface area contributed by atoms with Crippen molar-refractivity contribution in [2.75, 3.05) is 18.6 Å². The Bertz CT molecular complexity index is 748. The molecule has 0 spiro atoms. The van der Waals surface area contributed by atoms with Crippen molar-refractivity contribution in [3.63, 3.8) is 0 Å². The average molecular weight is 301 g/mol. The van der Waals surface area contributed by atoms with Crippen LogP contribution in [0.3, 0.4) is 0 Å². The summed E-state index contributed by atoms with van der Waals surface area (Å²) in [5.41, 5.74) is 1.05. The second-order valence-corrected chi connectivity index (χ2v) is 6.56. The van der Waals surface area contributed by atoms with Crippen LogP contribution in [0.2, 0.25) is 0 Å². The first-order valence-electron chi connectivity index (χ1n) is 6.31. The number of thioether (sulfide) groups is 1. The fourth-order valence-electron chi connectivity index (χ4n) is 2.10. The summed E-state index contributed by atoms with van der Waals surface area (Å²) in [6.07, 6.45) is 2.07. The van der Waals surface area contributed by atoms with Crippen LogP contribution in [-0.2, 0) is 0 Å². The highest BCUT2D eigenvalue weighted by Crippen LogP contribution is 2.31. The van der Waals surface area contributed by atoms with Crippen molar-refractivity contribution in [3.8, 4) is 11.4 Å². The molecule has 5 heteroatoms. The van der Waals surface area contributed by atoms with Gasteiger partial charge in [0.25, 0.3) is 0 Å². The van der Waals surface area contributed by atoms with E-state index in [0.29, 0.717) is 0 Å². The number of benzene rings is 1. The van der Waals surface area contributed by atoms with Gasteiger partial charge in [-0.3, -0.25) is 0 Å². The number of aryl methyl sites for hydroxylation is 1. The number of hydrogen-bond acceptors (Lipinski definition) is 5. The Labute approximate surface area is 126 Å². The molecule has 102 valence electrons. The maximum absolute atomic E-state index is 4.69. The van der Waals surface area contributed by atoms with Crippen LogP contribution in [0.25, 0.3) is 21.6 Å². The lowest BCUT2D eigenvalue weighted by atomic mass is 10.2. The van der Waals surface area contributed by atoms with E-state index in [0.717, 1.165) is 27.4 Å². The molecule has 3 rings (SSSR count). The normalized spacial score (nSPS) is 10.9. The zero-order valence-electron chi connectivity index (χ0n) is 11.6. The molecule has 0 aliphatic rings. The van der Waals surface area contributed by atoms with Crippen LogP contribution in [0.5, 0.6) is 0 Å². The molecular weight excluding hydrogens is 286 g/mol. The van der Waals surface area contributed by atoms with E-state index in [4.69, 9.17) is 4.98 Å². The summed E-state index contributed by atoms with van der Waals surface area (Å²) in [6.45, 7) is 2.10. The summed E-state index contributed by atoms with van der Waals surface area (Å²) in [6, 6.07) is 10.5. The number of rotatable bonds is 3. The predicted molar refractivity (Wildman–Crippen MR) is 88.9 cm³/mol. The predicted octanol–water partition coefficient (Wildman–Crippen LogP) is 4.43. The Kier molecular flexibility index (Phi) is 3.63. The van der Waals surface area contributed by atoms with E-state index in [1.165, 1.54) is 9.77 Å². The average Bonchev–Trinajstić information content (AvgIpc) is 2.86. The second kappa shape index (κ2) is 5.42. The van der Waals surface area contributed by atoms with Crippen LogP contribution in [0.1, 0.15) is 4.88 Å². The molecule has 0 fully saturated rings. The summed E-state index contributed by atoms with van der Waals surface area (Å²) < 4.78 is 0. The van der Waals surface area contributed by atoms with Gasteiger partial charge in [-0.15, -0.1) is 23.1 Å². The van der Waals surface area contributed by atoms with E-state index in [9.17, 15) is 0 Å². The molecule has 0 amide bonds. The summed E-state index contributed by atoms with van der Waals surface area (Å²) >= 11 is 3.44. The van der Waals surface area contributed by atoms with Crippen LogP contribution in [0.15, 0.2) is 35.2 Å². The summed E-state index contributed by atoms with van der Waals surface area (Å²) in [5.74, 6) is 1.67. The highest BCUT2D eigenvalue weighted by atomic mass is 32.2. The fraction of sp³-hybridized carbons (Fsp3) is 0.200. The number of hydrogen-bond donors (Lipinski definition) is 1. The maximum atomic E-state index is 4.69. The van der Waals surface area contributed by atoms with Gasteiger partial charge in [-0.2, -0.15) is 0 Å². The number of anilines is 1. The summed E-state index contributed by atoms with van der Waals surface area (Å²) in [5, 5.41) is 4.26. The molecular formula is C15H15N3S2. The lowest BCUT2D eigenvalue weighted by Crippen LogP contribution is -1.97. The molecule has 2 heterocycles. The van der Waals surface area contributed by atoms with Crippen LogP contribution in [0.4, 0.5) is 5.82 Å². The smallest absolute Gasteiger partial charge is 0.163 e. The van der Waals surface area contributed by atoms with Gasteiger partial charge >= 0.3 is 0 Å². The largest absolute Gasteiger partial charge is 0.372 e. The lowest BCUT2D eigenvalue weighted by Gasteiger charge is -2.06. The number of fused-ring (bicyclic) bond motifs is 1. The Morgan fingerprint density at radius 3 is 2.55 bits per heavy atom. The van der Waals surface area contributed by atoms with Crippen molar-refractivity contribution < 1.29 is 0 Å². The van der Waals surface area contributed by atoms with Gasteiger partial charge < -0.3 is 5.32 Å². The highest BCUT2D eigenvalue weighted by molar-refractivity contribution is 7.98. The molecule has 20 heavy (non-hydrogen) atoms. The minimum Gasteiger partial charge on any atom is -0.372 e. The maximum Gasteiger partial charge on any atom is 0.163 e. The third-order valence-corrected chi connectivity index (χ3v) is 4.79. The Morgan fingerprint density at radius 2 is 1.90 bits per heavy atom. The SMILES string of the molecule is CNc1nc(-c2ccc(SC)cc2)nc2sc(C)cc12. The van der Waals surface area contributed by atoms with Gasteiger partial charge in [0.15, 0.2) is 5.82 Å². The van der Waals surface area contributed by atoms with Crippen molar-refractivity contribution in [2.24, 2.45) is 0 Å². The molecule has 0 unspecified atom stereocenters. The molecule has 2 aromatic heterocycles. The van der Waals surface area contributed by atoms with E-state index in [-0.39, 0.29) is 0 Å². The molecule has 1 N–H and O–H groups in total. The first-order valence-corrected chi connectivity index (χ1v) is 8.36. The molecule has 1 aromatic carbocycles. The first-order chi connectivity index (χ1) is 9.71. The first kappa shape index (κ1) is 13.4. The number of nitrogens with one attached hydrogen (secondary N) is 1. The zero-order valence-corrected chi connectivity index (χ0v) is 13.2. The summed E-state index contributed by atoms with van der Waals surface area (Å²) in [7, 11) is 1.90. The standard InChI is InChI=1S/C15H15N3S2/c1-9-8-12-14(16-2)17-13(18-15(12)20-9)10-4-6-11(19-3)7-5-10/h4-8H,1-3H3,(H,16,17,18). The molecule has 3 nitrogen and oxygen atoms in total. The Hall–Kier alpha value is -1.59. The fourth-order valence-corrected chi connectivity index (χ4v) is 3.39. The number of thiophene rings is 1. The quantitative estimate of drug-likeness (QED) is 0.726. The number of aromatic nitrogens is 2. The molecule has 0 radical (unpaired) electrons. The molecule has 0 atom stereocenters. The third kappa shape index (κ3) is 2.39. The van der Waals surface area contributed by atoms with E-state index >= 15 is 0 Å². The van der Waals surface area contributed by atoms with Gasteiger partial charge in [0.2, 0.25) is 0 Å². The molecule has 0 aliphatic heterocycles. The zero-order chi connectivity index (χ0) is 14.1. The van der Waals surface area contributed by atoms with Gasteiger partial charge in [0.05, 0.1) is 5.39 Å².